The average molecular weight is 223 g/mol. The van der Waals surface area contributed by atoms with Gasteiger partial charge in [-0.05, 0) is 25.5 Å². The van der Waals surface area contributed by atoms with Crippen LogP contribution in [0.4, 0.5) is 0 Å². The lowest BCUT2D eigenvalue weighted by Gasteiger charge is -2.28. The summed E-state index contributed by atoms with van der Waals surface area (Å²) in [5, 5.41) is 13.6. The highest BCUT2D eigenvalue weighted by atomic mass is 16.3. The van der Waals surface area contributed by atoms with E-state index >= 15 is 0 Å². The lowest BCUT2D eigenvalue weighted by Crippen LogP contribution is -2.39. The minimum Gasteiger partial charge on any atom is -0.395 e. The van der Waals surface area contributed by atoms with Crippen molar-refractivity contribution in [2.24, 2.45) is 0 Å². The Kier molecular flexibility index (Phi) is 4.36. The number of likely N-dealkylation sites (tertiary alicyclic amines) is 1. The van der Waals surface area contributed by atoms with Gasteiger partial charge in [-0.3, -0.25) is 9.58 Å². The number of aliphatic hydroxyl groups excluding tert-OH is 1. The van der Waals surface area contributed by atoms with Gasteiger partial charge in [0.1, 0.15) is 0 Å². The van der Waals surface area contributed by atoms with Crippen LogP contribution < -0.4 is 0 Å². The summed E-state index contributed by atoms with van der Waals surface area (Å²) in [7, 11) is 0. The molecule has 0 aliphatic carbocycles. The zero-order valence-corrected chi connectivity index (χ0v) is 9.76. The highest BCUT2D eigenvalue weighted by Crippen LogP contribution is 2.16. The molecule has 16 heavy (non-hydrogen) atoms. The summed E-state index contributed by atoms with van der Waals surface area (Å²) in [6, 6.07) is 2.31. The molecule has 1 aliphatic rings. The third-order valence-electron chi connectivity index (χ3n) is 3.39. The summed E-state index contributed by atoms with van der Waals surface area (Å²) < 4.78 is 1.96. The zero-order valence-electron chi connectivity index (χ0n) is 9.76. The fourth-order valence-corrected chi connectivity index (χ4v) is 2.40. The largest absolute Gasteiger partial charge is 0.395 e. The molecular weight excluding hydrogens is 202 g/mol. The Bertz CT molecular complexity index is 286. The van der Waals surface area contributed by atoms with Gasteiger partial charge in [-0.1, -0.05) is 12.8 Å². The van der Waals surface area contributed by atoms with E-state index in [1.807, 2.05) is 23.1 Å². The second-order valence-electron chi connectivity index (χ2n) is 4.49. The van der Waals surface area contributed by atoms with Crippen LogP contribution in [0.15, 0.2) is 18.5 Å². The van der Waals surface area contributed by atoms with E-state index in [9.17, 15) is 5.11 Å². The molecule has 1 N–H and O–H groups in total. The number of nitrogens with zero attached hydrogens (tertiary/aromatic N) is 3. The highest BCUT2D eigenvalue weighted by Gasteiger charge is 2.19. The first-order chi connectivity index (χ1) is 7.90. The van der Waals surface area contributed by atoms with Crippen molar-refractivity contribution in [3.8, 4) is 0 Å². The van der Waals surface area contributed by atoms with Crippen LogP contribution in [-0.4, -0.2) is 45.5 Å². The molecule has 0 aromatic carbocycles. The molecule has 4 heteroatoms. The van der Waals surface area contributed by atoms with Crippen LogP contribution >= 0.6 is 0 Å². The van der Waals surface area contributed by atoms with Crippen molar-refractivity contribution in [1.29, 1.82) is 0 Å². The van der Waals surface area contributed by atoms with E-state index in [1.54, 1.807) is 0 Å². The summed E-state index contributed by atoms with van der Waals surface area (Å²) in [6.07, 6.45) is 8.75. The van der Waals surface area contributed by atoms with Crippen LogP contribution in [0.3, 0.4) is 0 Å². The van der Waals surface area contributed by atoms with E-state index in [1.165, 1.54) is 19.3 Å². The van der Waals surface area contributed by atoms with E-state index in [0.29, 0.717) is 12.6 Å². The Balaban J connectivity index is 1.85. The van der Waals surface area contributed by atoms with Gasteiger partial charge in [-0.15, -0.1) is 0 Å². The van der Waals surface area contributed by atoms with Crippen molar-refractivity contribution in [2.45, 2.75) is 38.3 Å². The topological polar surface area (TPSA) is 41.3 Å². The van der Waals surface area contributed by atoms with E-state index in [0.717, 1.165) is 26.1 Å². The molecule has 1 aromatic rings. The van der Waals surface area contributed by atoms with Crippen LogP contribution in [0.25, 0.3) is 0 Å². The van der Waals surface area contributed by atoms with Crippen LogP contribution in [-0.2, 0) is 6.54 Å². The van der Waals surface area contributed by atoms with Gasteiger partial charge < -0.3 is 5.11 Å². The maximum absolute atomic E-state index is 9.38. The molecule has 0 bridgehead atoms. The van der Waals surface area contributed by atoms with Gasteiger partial charge in [-0.2, -0.15) is 5.10 Å². The van der Waals surface area contributed by atoms with Crippen molar-refractivity contribution in [3.05, 3.63) is 18.5 Å². The van der Waals surface area contributed by atoms with Crippen molar-refractivity contribution in [1.82, 2.24) is 14.7 Å². The SMILES string of the molecule is OCC1CCCCCN1CCn1cccn1. The Hall–Kier alpha value is -0.870. The Labute approximate surface area is 96.9 Å². The Morgan fingerprint density at radius 3 is 2.94 bits per heavy atom. The second-order valence-corrected chi connectivity index (χ2v) is 4.49. The zero-order chi connectivity index (χ0) is 11.2. The molecule has 0 amide bonds. The normalized spacial score (nSPS) is 23.2. The number of rotatable bonds is 4. The molecule has 0 spiro atoms. The van der Waals surface area contributed by atoms with Gasteiger partial charge in [0.25, 0.3) is 0 Å². The van der Waals surface area contributed by atoms with Crippen molar-refractivity contribution < 1.29 is 5.11 Å². The predicted molar refractivity (Wildman–Crippen MR) is 63.1 cm³/mol. The fraction of sp³-hybridized carbons (Fsp3) is 0.750. The molecule has 1 atom stereocenters. The predicted octanol–water partition coefficient (Wildman–Crippen LogP) is 1.12. The van der Waals surface area contributed by atoms with E-state index < -0.39 is 0 Å². The summed E-state index contributed by atoms with van der Waals surface area (Å²) in [5.74, 6) is 0. The molecule has 1 fully saturated rings. The van der Waals surface area contributed by atoms with Crippen LogP contribution in [0.5, 0.6) is 0 Å². The first-order valence-corrected chi connectivity index (χ1v) is 6.22. The fourth-order valence-electron chi connectivity index (χ4n) is 2.40. The number of hydrogen-bond donors (Lipinski definition) is 1. The molecule has 0 radical (unpaired) electrons. The molecule has 1 saturated heterocycles. The summed E-state index contributed by atoms with van der Waals surface area (Å²) in [6.45, 7) is 3.32. The molecule has 1 aromatic heterocycles. The van der Waals surface area contributed by atoms with Gasteiger partial charge in [0.2, 0.25) is 0 Å². The second kappa shape index (κ2) is 6.01. The van der Waals surface area contributed by atoms with Crippen LogP contribution in [0, 0.1) is 0 Å². The Morgan fingerprint density at radius 2 is 2.19 bits per heavy atom. The molecule has 2 heterocycles. The first kappa shape index (κ1) is 11.6. The van der Waals surface area contributed by atoms with E-state index in [4.69, 9.17) is 0 Å². The average Bonchev–Trinajstić information content (AvgIpc) is 2.71. The first-order valence-electron chi connectivity index (χ1n) is 6.22. The monoisotopic (exact) mass is 223 g/mol. The maximum atomic E-state index is 9.38. The van der Waals surface area contributed by atoms with Crippen molar-refractivity contribution >= 4 is 0 Å². The van der Waals surface area contributed by atoms with Crippen molar-refractivity contribution in [3.63, 3.8) is 0 Å². The Morgan fingerprint density at radius 1 is 1.25 bits per heavy atom. The molecule has 90 valence electrons. The summed E-state index contributed by atoms with van der Waals surface area (Å²) >= 11 is 0. The van der Waals surface area contributed by atoms with Gasteiger partial charge in [0, 0.05) is 25.0 Å². The minimum atomic E-state index is 0.291. The van der Waals surface area contributed by atoms with Gasteiger partial charge >= 0.3 is 0 Å². The standard InChI is InChI=1S/C12H21N3O/c16-11-12-5-2-1-3-7-14(12)9-10-15-8-4-6-13-15/h4,6,8,12,16H,1-3,5,7,9-11H2. The number of aliphatic hydroxyl groups is 1. The van der Waals surface area contributed by atoms with Crippen LogP contribution in [0.1, 0.15) is 25.7 Å². The lowest BCUT2D eigenvalue weighted by atomic mass is 10.1. The highest BCUT2D eigenvalue weighted by molar-refractivity contribution is 4.79. The molecule has 2 rings (SSSR count). The van der Waals surface area contributed by atoms with Crippen molar-refractivity contribution in [2.75, 3.05) is 19.7 Å². The smallest absolute Gasteiger partial charge is 0.0586 e. The molecule has 0 saturated carbocycles. The molecule has 1 aliphatic heterocycles. The minimum absolute atomic E-state index is 0.291. The van der Waals surface area contributed by atoms with E-state index in [2.05, 4.69) is 10.00 Å². The number of aromatic nitrogens is 2. The van der Waals surface area contributed by atoms with Gasteiger partial charge in [0.15, 0.2) is 0 Å². The van der Waals surface area contributed by atoms with E-state index in [-0.39, 0.29) is 0 Å². The molecule has 1 unspecified atom stereocenters. The lowest BCUT2D eigenvalue weighted by molar-refractivity contribution is 0.120. The van der Waals surface area contributed by atoms with Gasteiger partial charge in [0.05, 0.1) is 13.2 Å². The van der Waals surface area contributed by atoms with Gasteiger partial charge in [-0.25, -0.2) is 0 Å². The van der Waals surface area contributed by atoms with Crippen LogP contribution in [0.2, 0.25) is 0 Å². The quantitative estimate of drug-likeness (QED) is 0.831. The summed E-state index contributed by atoms with van der Waals surface area (Å²) in [4.78, 5) is 2.41. The molecular formula is C12H21N3O. The summed E-state index contributed by atoms with van der Waals surface area (Å²) in [5.41, 5.74) is 0. The molecule has 4 nitrogen and oxygen atoms in total. The third kappa shape index (κ3) is 3.06. The maximum Gasteiger partial charge on any atom is 0.0586 e. The third-order valence-corrected chi connectivity index (χ3v) is 3.39. The number of hydrogen-bond acceptors (Lipinski definition) is 3.